The van der Waals surface area contributed by atoms with E-state index in [-0.39, 0.29) is 25.7 Å². The highest BCUT2D eigenvalue weighted by atomic mass is 31.2. The highest BCUT2D eigenvalue weighted by Gasteiger charge is 2.26. The molecular weight excluding hydrogens is 671 g/mol. The number of hydrogen-bond donors (Lipinski definition) is 4. The highest BCUT2D eigenvalue weighted by molar-refractivity contribution is 7.47. The SMILES string of the molecule is CCCCCC/C=C/CC/C=C/C(O)C(COP(=O)(O)OCCN)NC(=O)CCCCCCCCCC/C=C\C/C=C\C/C=C\CCCCCCC. The number of nitrogens with one attached hydrogen (secondary N) is 1. The van der Waals surface area contributed by atoms with Crippen LogP contribution in [0.2, 0.25) is 0 Å². The molecule has 3 atom stereocenters. The maximum atomic E-state index is 12.7. The van der Waals surface area contributed by atoms with E-state index in [1.54, 1.807) is 6.08 Å². The average molecular weight is 751 g/mol. The molecule has 0 saturated heterocycles. The zero-order valence-electron chi connectivity index (χ0n) is 33.3. The predicted octanol–water partition coefficient (Wildman–Crippen LogP) is 11.5. The summed E-state index contributed by atoms with van der Waals surface area (Å²) in [7, 11) is -4.34. The minimum absolute atomic E-state index is 0.0700. The maximum absolute atomic E-state index is 12.7. The van der Waals surface area contributed by atoms with Gasteiger partial charge in [0.15, 0.2) is 0 Å². The molecule has 1 amide bonds. The lowest BCUT2D eigenvalue weighted by Crippen LogP contribution is -2.45. The van der Waals surface area contributed by atoms with E-state index in [1.165, 1.54) is 89.9 Å². The van der Waals surface area contributed by atoms with Crippen molar-refractivity contribution in [3.8, 4) is 0 Å². The van der Waals surface area contributed by atoms with Crippen LogP contribution in [0.25, 0.3) is 0 Å². The van der Waals surface area contributed by atoms with Crippen LogP contribution in [0.1, 0.15) is 174 Å². The van der Waals surface area contributed by atoms with Gasteiger partial charge < -0.3 is 21.1 Å². The second kappa shape index (κ2) is 38.9. The van der Waals surface area contributed by atoms with E-state index in [1.807, 2.05) is 6.08 Å². The third-order valence-electron chi connectivity index (χ3n) is 8.82. The van der Waals surface area contributed by atoms with E-state index < -0.39 is 20.0 Å². The first-order valence-electron chi connectivity index (χ1n) is 20.9. The second-order valence-corrected chi connectivity index (χ2v) is 15.3. The fourth-order valence-electron chi connectivity index (χ4n) is 5.62. The van der Waals surface area contributed by atoms with Crippen LogP contribution >= 0.6 is 7.82 Å². The Hall–Kier alpha value is -1.80. The van der Waals surface area contributed by atoms with Crippen LogP contribution in [0.3, 0.4) is 0 Å². The van der Waals surface area contributed by atoms with Gasteiger partial charge in [-0.05, 0) is 70.6 Å². The van der Waals surface area contributed by atoms with Crippen LogP contribution in [-0.2, 0) is 18.4 Å². The normalized spacial score (nSPS) is 14.8. The van der Waals surface area contributed by atoms with E-state index in [4.69, 9.17) is 14.8 Å². The number of carbonyl (C=O) groups is 1. The van der Waals surface area contributed by atoms with E-state index in [9.17, 15) is 19.4 Å². The molecule has 0 fully saturated rings. The number of phosphoric ester groups is 1. The number of aliphatic hydroxyl groups is 1. The smallest absolute Gasteiger partial charge is 0.387 e. The van der Waals surface area contributed by atoms with Gasteiger partial charge in [-0.15, -0.1) is 0 Å². The number of phosphoric acid groups is 1. The lowest BCUT2D eigenvalue weighted by molar-refractivity contribution is -0.123. The van der Waals surface area contributed by atoms with E-state index >= 15 is 0 Å². The Morgan fingerprint density at radius 1 is 0.635 bits per heavy atom. The van der Waals surface area contributed by atoms with Gasteiger partial charge >= 0.3 is 7.82 Å². The highest BCUT2D eigenvalue weighted by Crippen LogP contribution is 2.43. The summed E-state index contributed by atoms with van der Waals surface area (Å²) in [6, 6.07) is -0.881. The van der Waals surface area contributed by atoms with Crippen LogP contribution in [0, 0.1) is 0 Å². The number of amides is 1. The fourth-order valence-corrected chi connectivity index (χ4v) is 6.38. The van der Waals surface area contributed by atoms with Crippen molar-refractivity contribution in [3.05, 3.63) is 60.8 Å². The van der Waals surface area contributed by atoms with Crippen molar-refractivity contribution >= 4 is 13.7 Å². The fraction of sp³-hybridized carbons (Fsp3) is 0.744. The van der Waals surface area contributed by atoms with Gasteiger partial charge in [0, 0.05) is 13.0 Å². The molecule has 52 heavy (non-hydrogen) atoms. The maximum Gasteiger partial charge on any atom is 0.472 e. The quantitative estimate of drug-likeness (QED) is 0.0281. The summed E-state index contributed by atoms with van der Waals surface area (Å²) in [5, 5.41) is 13.6. The van der Waals surface area contributed by atoms with Crippen LogP contribution in [0.15, 0.2) is 60.8 Å². The van der Waals surface area contributed by atoms with Crippen LogP contribution < -0.4 is 11.1 Å². The van der Waals surface area contributed by atoms with Gasteiger partial charge in [0.2, 0.25) is 5.91 Å². The largest absolute Gasteiger partial charge is 0.472 e. The van der Waals surface area contributed by atoms with E-state index in [2.05, 4.69) is 67.8 Å². The molecule has 0 aliphatic carbocycles. The molecule has 0 spiro atoms. The standard InChI is InChI=1S/C43H79N2O6P/c1-3-5-7-9-11-13-15-16-17-18-19-20-21-22-23-24-25-26-27-29-31-33-35-37-43(47)45-41(40-51-52(48,49)50-39-38-44)42(46)36-34-32-30-28-14-12-10-8-6-4-2/h14-16,18-19,21-22,28,34,36,41-42,46H,3-13,17,20,23-27,29-33,35,37-40,44H2,1-2H3,(H,45,47)(H,48,49)/b16-15-,19-18-,22-21-,28-14+,36-34+. The Morgan fingerprint density at radius 3 is 1.63 bits per heavy atom. The van der Waals surface area contributed by atoms with Crippen molar-refractivity contribution in [3.63, 3.8) is 0 Å². The Labute approximate surface area is 319 Å². The summed E-state index contributed by atoms with van der Waals surface area (Å²) < 4.78 is 22.0. The van der Waals surface area contributed by atoms with Gasteiger partial charge in [-0.1, -0.05) is 158 Å². The Bertz CT molecular complexity index is 996. The number of carbonyl (C=O) groups excluding carboxylic acids is 1. The Kier molecular flexibility index (Phi) is 37.6. The van der Waals surface area contributed by atoms with Crippen molar-refractivity contribution in [1.29, 1.82) is 0 Å². The van der Waals surface area contributed by atoms with Gasteiger partial charge in [0.25, 0.3) is 0 Å². The van der Waals surface area contributed by atoms with Gasteiger partial charge in [-0.3, -0.25) is 13.8 Å². The first kappa shape index (κ1) is 50.2. The third kappa shape index (κ3) is 36.6. The summed E-state index contributed by atoms with van der Waals surface area (Å²) >= 11 is 0. The summed E-state index contributed by atoms with van der Waals surface area (Å²) in [5.74, 6) is -0.216. The number of rotatable bonds is 38. The summed E-state index contributed by atoms with van der Waals surface area (Å²) in [6.45, 7) is 4.04. The zero-order valence-corrected chi connectivity index (χ0v) is 34.2. The lowest BCUT2D eigenvalue weighted by Gasteiger charge is -2.23. The van der Waals surface area contributed by atoms with Gasteiger partial charge in [-0.2, -0.15) is 0 Å². The average Bonchev–Trinajstić information content (AvgIpc) is 3.13. The van der Waals surface area contributed by atoms with Crippen molar-refractivity contribution in [2.45, 2.75) is 187 Å². The second-order valence-electron chi connectivity index (χ2n) is 13.8. The molecule has 0 aromatic carbocycles. The van der Waals surface area contributed by atoms with Crippen molar-refractivity contribution in [2.24, 2.45) is 5.73 Å². The Balaban J connectivity index is 4.17. The summed E-state index contributed by atoms with van der Waals surface area (Å²) in [6.07, 6.45) is 48.5. The van der Waals surface area contributed by atoms with Crippen LogP contribution in [0.4, 0.5) is 0 Å². The number of nitrogens with two attached hydrogens (primary N) is 1. The topological polar surface area (TPSA) is 131 Å². The molecule has 0 rings (SSSR count). The van der Waals surface area contributed by atoms with Crippen molar-refractivity contribution in [2.75, 3.05) is 19.8 Å². The van der Waals surface area contributed by atoms with Gasteiger partial charge in [-0.25, -0.2) is 4.57 Å². The molecule has 5 N–H and O–H groups in total. The monoisotopic (exact) mass is 751 g/mol. The number of aliphatic hydroxyl groups excluding tert-OH is 1. The molecule has 0 heterocycles. The molecule has 0 aliphatic rings. The molecule has 8 nitrogen and oxygen atoms in total. The molecule has 9 heteroatoms. The number of hydrogen-bond acceptors (Lipinski definition) is 6. The molecule has 0 aromatic heterocycles. The number of unbranched alkanes of at least 4 members (excludes halogenated alkanes) is 18. The predicted molar refractivity (Wildman–Crippen MR) is 221 cm³/mol. The first-order chi connectivity index (χ1) is 25.4. The lowest BCUT2D eigenvalue weighted by atomic mass is 10.1. The molecule has 0 radical (unpaired) electrons. The van der Waals surface area contributed by atoms with Crippen molar-refractivity contribution in [1.82, 2.24) is 5.32 Å². The molecule has 0 saturated carbocycles. The minimum Gasteiger partial charge on any atom is -0.387 e. The molecular formula is C43H79N2O6P. The Morgan fingerprint density at radius 2 is 1.08 bits per heavy atom. The number of allylic oxidation sites excluding steroid dienone is 9. The van der Waals surface area contributed by atoms with E-state index in [0.717, 1.165) is 64.2 Å². The van der Waals surface area contributed by atoms with Gasteiger partial charge in [0.1, 0.15) is 0 Å². The molecule has 3 unspecified atom stereocenters. The van der Waals surface area contributed by atoms with Crippen LogP contribution in [0.5, 0.6) is 0 Å². The first-order valence-corrected chi connectivity index (χ1v) is 22.4. The van der Waals surface area contributed by atoms with Crippen molar-refractivity contribution < 1.29 is 28.4 Å². The molecule has 0 aliphatic heterocycles. The minimum atomic E-state index is -4.34. The molecule has 0 bridgehead atoms. The van der Waals surface area contributed by atoms with E-state index in [0.29, 0.717) is 6.42 Å². The molecule has 0 aromatic rings. The summed E-state index contributed by atoms with van der Waals surface area (Å²) in [5.41, 5.74) is 5.35. The van der Waals surface area contributed by atoms with Gasteiger partial charge in [0.05, 0.1) is 25.4 Å². The zero-order chi connectivity index (χ0) is 38.2. The molecule has 302 valence electrons. The van der Waals surface area contributed by atoms with Crippen LogP contribution in [-0.4, -0.2) is 47.8 Å². The summed E-state index contributed by atoms with van der Waals surface area (Å²) in [4.78, 5) is 22.6. The third-order valence-corrected chi connectivity index (χ3v) is 9.80.